The molecule has 4 heterocycles. The smallest absolute Gasteiger partial charge is 0.251 e. The molecule has 8 nitrogen and oxygen atoms in total. The number of anilines is 1. The number of thiophene rings is 1. The van der Waals surface area contributed by atoms with Gasteiger partial charge < -0.3 is 20.1 Å². The largest absolute Gasteiger partial charge is 0.398 e. The van der Waals surface area contributed by atoms with E-state index in [9.17, 15) is 0 Å². The van der Waals surface area contributed by atoms with Crippen LogP contribution in [0.25, 0.3) is 15.9 Å². The molecule has 1 aromatic carbocycles. The second-order valence-corrected chi connectivity index (χ2v) is 9.78. The van der Waals surface area contributed by atoms with E-state index < -0.39 is 0 Å². The summed E-state index contributed by atoms with van der Waals surface area (Å²) in [5.74, 6) is 7.92. The predicted octanol–water partition coefficient (Wildman–Crippen LogP) is 3.22. The zero-order valence-electron chi connectivity index (χ0n) is 20.4. The number of aromatic nitrogens is 2. The first kappa shape index (κ1) is 24.4. The summed E-state index contributed by atoms with van der Waals surface area (Å²) in [6, 6.07) is 10.1. The number of rotatable bonds is 5. The predicted molar refractivity (Wildman–Crippen MR) is 146 cm³/mol. The molecule has 2 N–H and O–H groups in total. The molecule has 36 heavy (non-hydrogen) atoms. The Kier molecular flexibility index (Phi) is 7.88. The molecule has 3 aromatic rings. The second-order valence-electron chi connectivity index (χ2n) is 8.73. The molecule has 0 radical (unpaired) electrons. The van der Waals surface area contributed by atoms with Crippen molar-refractivity contribution in [2.45, 2.75) is 6.92 Å². The van der Waals surface area contributed by atoms with Crippen LogP contribution in [0.1, 0.15) is 16.0 Å². The molecule has 0 bridgehead atoms. The highest BCUT2D eigenvalue weighted by molar-refractivity contribution is 7.20. The molecule has 9 heteroatoms. The summed E-state index contributed by atoms with van der Waals surface area (Å²) in [5.41, 5.74) is 9.87. The van der Waals surface area contributed by atoms with Gasteiger partial charge in [0.1, 0.15) is 0 Å². The third-order valence-electron chi connectivity index (χ3n) is 6.07. The van der Waals surface area contributed by atoms with E-state index in [4.69, 9.17) is 25.2 Å². The minimum atomic E-state index is 0.405. The molecule has 0 spiro atoms. The summed E-state index contributed by atoms with van der Waals surface area (Å²) >= 11 is 1.63. The summed E-state index contributed by atoms with van der Waals surface area (Å²) < 4.78 is 12.0. The van der Waals surface area contributed by atoms with Gasteiger partial charge in [0.25, 0.3) is 5.95 Å². The number of allylic oxidation sites excluding steroid dienone is 1. The summed E-state index contributed by atoms with van der Waals surface area (Å²) in [4.78, 5) is 19.6. The number of hydrogen-bond donors (Lipinski definition) is 1. The maximum absolute atomic E-state index is 6.25. The molecule has 0 unspecified atom stereocenters. The van der Waals surface area contributed by atoms with E-state index in [1.807, 2.05) is 37.3 Å². The number of ether oxygens (including phenoxy) is 2. The molecule has 2 aromatic heterocycles. The fourth-order valence-corrected chi connectivity index (χ4v) is 5.10. The lowest BCUT2D eigenvalue weighted by Crippen LogP contribution is -2.36. The van der Waals surface area contributed by atoms with E-state index in [1.165, 1.54) is 0 Å². The zero-order chi connectivity index (χ0) is 24.7. The molecule has 0 saturated carbocycles. The number of hydrogen-bond acceptors (Lipinski definition) is 9. The van der Waals surface area contributed by atoms with Crippen LogP contribution in [0.5, 0.6) is 0 Å². The lowest BCUT2D eigenvalue weighted by atomic mass is 10.1. The standard InChI is InChI=1S/C27H30N6O2S/c1-20-4-2-5-21(18-20)23(28)7-8-29-27-30-24-19-22(6-3-9-32-10-14-34-15-11-32)36-25(24)26(31-27)33-12-16-35-17-13-33/h2,4-5,7-8,18-19H,9-17,28H2,1H3/b23-7-,29-8+. The lowest BCUT2D eigenvalue weighted by Gasteiger charge is -2.28. The monoisotopic (exact) mass is 502 g/mol. The Morgan fingerprint density at radius 2 is 1.89 bits per heavy atom. The molecule has 0 atom stereocenters. The van der Waals surface area contributed by atoms with Gasteiger partial charge in [0.15, 0.2) is 5.82 Å². The Morgan fingerprint density at radius 3 is 2.67 bits per heavy atom. The van der Waals surface area contributed by atoms with Gasteiger partial charge in [-0.15, -0.1) is 11.3 Å². The fraction of sp³-hybridized carbons (Fsp3) is 0.370. The van der Waals surface area contributed by atoms with E-state index in [-0.39, 0.29) is 0 Å². The van der Waals surface area contributed by atoms with Gasteiger partial charge in [0, 0.05) is 38.1 Å². The van der Waals surface area contributed by atoms with Crippen LogP contribution < -0.4 is 10.6 Å². The number of benzene rings is 1. The van der Waals surface area contributed by atoms with Crippen LogP contribution in [0, 0.1) is 18.8 Å². The summed E-state index contributed by atoms with van der Waals surface area (Å²) in [6.07, 6.45) is 3.45. The fourth-order valence-electron chi connectivity index (χ4n) is 4.11. The number of aliphatic imine (C=N–C) groups is 1. The SMILES string of the molecule is Cc1cccc(/C(N)=C/C=N/c2nc(N3CCOCC3)c3sc(C#CCN4CCOCC4)cc3n2)c1. The Balaban J connectivity index is 1.41. The molecule has 2 aliphatic heterocycles. The van der Waals surface area contributed by atoms with Gasteiger partial charge in [-0.2, -0.15) is 4.98 Å². The van der Waals surface area contributed by atoms with Crippen LogP contribution in [0.2, 0.25) is 0 Å². The molecule has 0 amide bonds. The van der Waals surface area contributed by atoms with Crippen LogP contribution in [0.4, 0.5) is 11.8 Å². The van der Waals surface area contributed by atoms with Gasteiger partial charge >= 0.3 is 0 Å². The van der Waals surface area contributed by atoms with Crippen molar-refractivity contribution in [1.82, 2.24) is 14.9 Å². The van der Waals surface area contributed by atoms with E-state index in [0.717, 1.165) is 78.0 Å². The van der Waals surface area contributed by atoms with Crippen molar-refractivity contribution in [2.24, 2.45) is 10.7 Å². The van der Waals surface area contributed by atoms with E-state index in [2.05, 4.69) is 26.6 Å². The van der Waals surface area contributed by atoms with Crippen molar-refractivity contribution in [1.29, 1.82) is 0 Å². The van der Waals surface area contributed by atoms with Crippen LogP contribution in [0.15, 0.2) is 41.4 Å². The van der Waals surface area contributed by atoms with Gasteiger partial charge in [-0.3, -0.25) is 4.90 Å². The van der Waals surface area contributed by atoms with Gasteiger partial charge in [-0.05, 0) is 30.7 Å². The second kappa shape index (κ2) is 11.6. The van der Waals surface area contributed by atoms with Crippen LogP contribution in [0.3, 0.4) is 0 Å². The van der Waals surface area contributed by atoms with Gasteiger partial charge in [0.2, 0.25) is 0 Å². The Bertz CT molecular complexity index is 1330. The van der Waals surface area contributed by atoms with Crippen molar-refractivity contribution in [2.75, 3.05) is 64.1 Å². The number of nitrogens with two attached hydrogens (primary N) is 1. The van der Waals surface area contributed by atoms with Crippen molar-refractivity contribution in [3.8, 4) is 11.8 Å². The molecule has 2 aliphatic rings. The molecule has 2 fully saturated rings. The first-order chi connectivity index (χ1) is 17.7. The van der Waals surface area contributed by atoms with Crippen LogP contribution in [-0.2, 0) is 9.47 Å². The third-order valence-corrected chi connectivity index (χ3v) is 7.10. The topological polar surface area (TPSA) is 89.1 Å². The Labute approximate surface area is 215 Å². The van der Waals surface area contributed by atoms with E-state index >= 15 is 0 Å². The molecule has 0 aliphatic carbocycles. The number of aryl methyl sites for hydroxylation is 1. The van der Waals surface area contributed by atoms with Gasteiger partial charge in [0.05, 0.1) is 48.1 Å². The highest BCUT2D eigenvalue weighted by Gasteiger charge is 2.19. The molecule has 186 valence electrons. The minimum Gasteiger partial charge on any atom is -0.398 e. The van der Waals surface area contributed by atoms with Crippen molar-refractivity contribution < 1.29 is 9.47 Å². The summed E-state index contributed by atoms with van der Waals surface area (Å²) in [6.45, 7) is 9.12. The van der Waals surface area contributed by atoms with Crippen LogP contribution in [-0.4, -0.2) is 80.2 Å². The van der Waals surface area contributed by atoms with Crippen LogP contribution >= 0.6 is 11.3 Å². The average Bonchev–Trinajstić information content (AvgIpc) is 3.32. The average molecular weight is 503 g/mol. The molecule has 5 rings (SSSR count). The number of nitrogens with zero attached hydrogens (tertiary/aromatic N) is 5. The summed E-state index contributed by atoms with van der Waals surface area (Å²) in [7, 11) is 0. The first-order valence-electron chi connectivity index (χ1n) is 12.2. The molecular formula is C27H30N6O2S. The van der Waals surface area contributed by atoms with Crippen molar-refractivity contribution in [3.05, 3.63) is 52.4 Å². The van der Waals surface area contributed by atoms with Gasteiger partial charge in [-0.25, -0.2) is 9.98 Å². The Morgan fingerprint density at radius 1 is 1.11 bits per heavy atom. The number of morpholine rings is 2. The summed E-state index contributed by atoms with van der Waals surface area (Å²) in [5, 5.41) is 0. The lowest BCUT2D eigenvalue weighted by molar-refractivity contribution is 0.0443. The number of fused-ring (bicyclic) bond motifs is 1. The first-order valence-corrected chi connectivity index (χ1v) is 13.0. The quantitative estimate of drug-likeness (QED) is 0.423. The maximum atomic E-state index is 6.25. The van der Waals surface area contributed by atoms with E-state index in [1.54, 1.807) is 23.6 Å². The van der Waals surface area contributed by atoms with E-state index in [0.29, 0.717) is 24.9 Å². The third kappa shape index (κ3) is 6.09. The minimum absolute atomic E-state index is 0.405. The highest BCUT2D eigenvalue weighted by Crippen LogP contribution is 2.33. The Hall–Kier alpha value is -3.29. The highest BCUT2D eigenvalue weighted by atomic mass is 32.1. The van der Waals surface area contributed by atoms with Crippen molar-refractivity contribution in [3.63, 3.8) is 0 Å². The maximum Gasteiger partial charge on any atom is 0.251 e. The normalized spacial score (nSPS) is 17.5. The van der Waals surface area contributed by atoms with Gasteiger partial charge in [-0.1, -0.05) is 35.6 Å². The molecule has 2 saturated heterocycles. The van der Waals surface area contributed by atoms with Crippen molar-refractivity contribution >= 4 is 45.2 Å². The zero-order valence-corrected chi connectivity index (χ0v) is 21.3. The molecular weight excluding hydrogens is 472 g/mol.